The van der Waals surface area contributed by atoms with Crippen molar-refractivity contribution in [2.45, 2.75) is 53.6 Å². The second kappa shape index (κ2) is 11.6. The molecule has 0 unspecified atom stereocenters. The molecule has 0 aliphatic heterocycles. The third-order valence-electron chi connectivity index (χ3n) is 5.33. The number of carbonyl (C=O) groups is 1. The van der Waals surface area contributed by atoms with E-state index in [0.29, 0.717) is 29.9 Å². The summed E-state index contributed by atoms with van der Waals surface area (Å²) in [5.74, 6) is 1.69. The fraction of sp³-hybridized carbons (Fsp3) is 0.480. The van der Waals surface area contributed by atoms with Gasteiger partial charge < -0.3 is 24.7 Å². The molecule has 8 nitrogen and oxygen atoms in total. The van der Waals surface area contributed by atoms with Gasteiger partial charge in [0.25, 0.3) is 5.89 Å². The average Bonchev–Trinajstić information content (AvgIpc) is 3.43. The van der Waals surface area contributed by atoms with Gasteiger partial charge in [-0.1, -0.05) is 20.8 Å². The first-order valence-electron chi connectivity index (χ1n) is 11.5. The maximum atomic E-state index is 11.1. The van der Waals surface area contributed by atoms with E-state index in [9.17, 15) is 9.90 Å². The van der Waals surface area contributed by atoms with Crippen molar-refractivity contribution in [2.75, 3.05) is 19.8 Å². The third-order valence-corrected chi connectivity index (χ3v) is 6.58. The summed E-state index contributed by atoms with van der Waals surface area (Å²) in [7, 11) is 0. The van der Waals surface area contributed by atoms with Crippen molar-refractivity contribution in [3.05, 3.63) is 39.8 Å². The standard InChI is InChI=1S/C25H33N3O5S/c1-6-17-10-18(8-16(5)23(17)32-13-19(30)11-26-22(31)12-29)24-27-28-25(33-24)21-9-15(4)20(34-21)7-14(2)3/h8-10,14,19,29-30H,6-7,11-13H2,1-5H3,(H,26,31)/t19-/m0/s1. The molecule has 0 saturated heterocycles. The van der Waals surface area contributed by atoms with Gasteiger partial charge in [0.2, 0.25) is 11.8 Å². The lowest BCUT2D eigenvalue weighted by Gasteiger charge is -2.17. The van der Waals surface area contributed by atoms with Crippen LogP contribution >= 0.6 is 11.3 Å². The fourth-order valence-electron chi connectivity index (χ4n) is 3.60. The molecule has 0 bridgehead atoms. The summed E-state index contributed by atoms with van der Waals surface area (Å²) in [5.41, 5.74) is 3.89. The zero-order chi connectivity index (χ0) is 24.8. The highest BCUT2D eigenvalue weighted by molar-refractivity contribution is 7.15. The summed E-state index contributed by atoms with van der Waals surface area (Å²) in [5, 5.41) is 29.8. The number of hydrogen-bond acceptors (Lipinski definition) is 8. The van der Waals surface area contributed by atoms with Gasteiger partial charge in [-0.15, -0.1) is 21.5 Å². The molecule has 2 aromatic heterocycles. The van der Waals surface area contributed by atoms with E-state index in [4.69, 9.17) is 14.3 Å². The van der Waals surface area contributed by atoms with Gasteiger partial charge in [-0.05, 0) is 67.5 Å². The zero-order valence-corrected chi connectivity index (χ0v) is 21.2. The van der Waals surface area contributed by atoms with Crippen molar-refractivity contribution in [1.29, 1.82) is 0 Å². The molecule has 3 rings (SSSR count). The minimum absolute atomic E-state index is 0.00379. The van der Waals surface area contributed by atoms with Crippen molar-refractivity contribution < 1.29 is 24.2 Å². The number of carbonyl (C=O) groups excluding carboxylic acids is 1. The van der Waals surface area contributed by atoms with E-state index < -0.39 is 18.6 Å². The number of nitrogens with zero attached hydrogens (tertiary/aromatic N) is 2. The summed E-state index contributed by atoms with van der Waals surface area (Å²) >= 11 is 1.70. The van der Waals surface area contributed by atoms with E-state index >= 15 is 0 Å². The Morgan fingerprint density at radius 2 is 1.91 bits per heavy atom. The summed E-state index contributed by atoms with van der Waals surface area (Å²) in [6.45, 7) is 9.88. The average molecular weight is 488 g/mol. The molecule has 1 atom stereocenters. The van der Waals surface area contributed by atoms with Crippen molar-refractivity contribution in [3.8, 4) is 28.0 Å². The SMILES string of the molecule is CCc1cc(-c2nnc(-c3cc(C)c(CC(C)C)s3)o2)cc(C)c1OC[C@@H](O)CNC(=O)CO. The first-order chi connectivity index (χ1) is 16.2. The lowest BCUT2D eigenvalue weighted by Crippen LogP contribution is -2.36. The number of aryl methyl sites for hydroxylation is 3. The van der Waals surface area contributed by atoms with Crippen LogP contribution in [0, 0.1) is 19.8 Å². The number of rotatable bonds is 11. The second-order valence-corrected chi connectivity index (χ2v) is 9.93. The summed E-state index contributed by atoms with van der Waals surface area (Å²) in [4.78, 5) is 13.5. The molecule has 0 aliphatic carbocycles. The van der Waals surface area contributed by atoms with E-state index in [1.165, 1.54) is 10.4 Å². The van der Waals surface area contributed by atoms with Crippen LogP contribution in [0.5, 0.6) is 5.75 Å². The number of aromatic nitrogens is 2. The third kappa shape index (κ3) is 6.43. The predicted molar refractivity (Wildman–Crippen MR) is 132 cm³/mol. The van der Waals surface area contributed by atoms with Crippen LogP contribution < -0.4 is 10.1 Å². The van der Waals surface area contributed by atoms with Gasteiger partial charge in [0.05, 0.1) is 4.88 Å². The zero-order valence-electron chi connectivity index (χ0n) is 20.3. The van der Waals surface area contributed by atoms with Gasteiger partial charge in [0, 0.05) is 17.0 Å². The minimum atomic E-state index is -0.896. The first-order valence-corrected chi connectivity index (χ1v) is 12.3. The van der Waals surface area contributed by atoms with Gasteiger partial charge >= 0.3 is 0 Å². The van der Waals surface area contributed by atoms with Crippen LogP contribution in [0.1, 0.15) is 42.3 Å². The number of thiophene rings is 1. The van der Waals surface area contributed by atoms with Crippen molar-refractivity contribution >= 4 is 17.2 Å². The Morgan fingerprint density at radius 3 is 2.59 bits per heavy atom. The normalized spacial score (nSPS) is 12.2. The topological polar surface area (TPSA) is 118 Å². The van der Waals surface area contributed by atoms with E-state index in [2.05, 4.69) is 42.4 Å². The number of aliphatic hydroxyl groups is 2. The van der Waals surface area contributed by atoms with E-state index in [1.54, 1.807) is 11.3 Å². The Labute approximate surface area is 204 Å². The number of ether oxygens (including phenoxy) is 1. The molecule has 3 aromatic rings. The van der Waals surface area contributed by atoms with Crippen LogP contribution in [0.15, 0.2) is 22.6 Å². The molecule has 9 heteroatoms. The second-order valence-electron chi connectivity index (χ2n) is 8.79. The maximum absolute atomic E-state index is 11.1. The maximum Gasteiger partial charge on any atom is 0.258 e. The van der Waals surface area contributed by atoms with Crippen molar-refractivity contribution in [1.82, 2.24) is 15.5 Å². The molecule has 1 amide bonds. The van der Waals surface area contributed by atoms with Crippen LogP contribution in [0.25, 0.3) is 22.2 Å². The smallest absolute Gasteiger partial charge is 0.258 e. The molecule has 184 valence electrons. The van der Waals surface area contributed by atoms with Crippen LogP contribution in [-0.2, 0) is 17.6 Å². The van der Waals surface area contributed by atoms with Gasteiger partial charge in [-0.3, -0.25) is 4.79 Å². The van der Waals surface area contributed by atoms with Crippen LogP contribution in [-0.4, -0.2) is 52.2 Å². The van der Waals surface area contributed by atoms with Gasteiger partial charge in [0.1, 0.15) is 25.1 Å². The largest absolute Gasteiger partial charge is 0.490 e. The van der Waals surface area contributed by atoms with Gasteiger partial charge in [-0.25, -0.2) is 0 Å². The van der Waals surface area contributed by atoms with Crippen molar-refractivity contribution in [2.24, 2.45) is 5.92 Å². The number of amides is 1. The number of aliphatic hydroxyl groups excluding tert-OH is 2. The van der Waals surface area contributed by atoms with E-state index in [-0.39, 0.29) is 13.2 Å². The molecule has 1 aromatic carbocycles. The molecule has 2 heterocycles. The molecule has 3 N–H and O–H groups in total. The molecule has 0 saturated carbocycles. The van der Waals surface area contributed by atoms with Crippen molar-refractivity contribution in [3.63, 3.8) is 0 Å². The van der Waals surface area contributed by atoms with E-state index in [1.807, 2.05) is 26.0 Å². The Bertz CT molecular complexity index is 1120. The monoisotopic (exact) mass is 487 g/mol. The van der Waals surface area contributed by atoms with Crippen LogP contribution in [0.4, 0.5) is 0 Å². The number of nitrogens with one attached hydrogen (secondary N) is 1. The lowest BCUT2D eigenvalue weighted by molar-refractivity contribution is -0.124. The summed E-state index contributed by atoms with van der Waals surface area (Å²) in [6.07, 6.45) is 0.846. The molecule has 0 fully saturated rings. The van der Waals surface area contributed by atoms with E-state index in [0.717, 1.165) is 28.0 Å². The van der Waals surface area contributed by atoms with Crippen LogP contribution in [0.2, 0.25) is 0 Å². The molecular weight excluding hydrogens is 454 g/mol. The number of hydrogen-bond donors (Lipinski definition) is 3. The summed E-state index contributed by atoms with van der Waals surface area (Å²) in [6, 6.07) is 5.99. The van der Waals surface area contributed by atoms with Gasteiger partial charge in [0.15, 0.2) is 0 Å². The molecule has 0 spiro atoms. The Hall–Kier alpha value is -2.75. The molecule has 34 heavy (non-hydrogen) atoms. The fourth-order valence-corrected chi connectivity index (χ4v) is 4.91. The summed E-state index contributed by atoms with van der Waals surface area (Å²) < 4.78 is 11.9. The highest BCUT2D eigenvalue weighted by Gasteiger charge is 2.18. The minimum Gasteiger partial charge on any atom is -0.490 e. The molecule has 0 radical (unpaired) electrons. The highest BCUT2D eigenvalue weighted by atomic mass is 32.1. The highest BCUT2D eigenvalue weighted by Crippen LogP contribution is 2.35. The van der Waals surface area contributed by atoms with Crippen LogP contribution in [0.3, 0.4) is 0 Å². The Balaban J connectivity index is 1.76. The predicted octanol–water partition coefficient (Wildman–Crippen LogP) is 3.69. The van der Waals surface area contributed by atoms with Gasteiger partial charge in [-0.2, -0.15) is 0 Å². The Kier molecular flexibility index (Phi) is 8.82. The molecule has 0 aliphatic rings. The number of benzene rings is 1. The molecular formula is C25H33N3O5S. The first kappa shape index (κ1) is 25.9. The lowest BCUT2D eigenvalue weighted by atomic mass is 10.0. The quantitative estimate of drug-likeness (QED) is 0.377. The Morgan fingerprint density at radius 1 is 1.18 bits per heavy atom.